The van der Waals surface area contributed by atoms with Crippen molar-refractivity contribution < 1.29 is 0 Å². The molecule has 0 saturated heterocycles. The van der Waals surface area contributed by atoms with Crippen LogP contribution in [0.1, 0.15) is 50.2 Å². The zero-order chi connectivity index (χ0) is 13.3. The SMILES string of the molecule is Cc1nc(CC(C)(C)CNC(C)(C)C)sc1C. The van der Waals surface area contributed by atoms with Gasteiger partial charge >= 0.3 is 0 Å². The lowest BCUT2D eigenvalue weighted by Crippen LogP contribution is -2.42. The van der Waals surface area contributed by atoms with Crippen molar-refractivity contribution >= 4 is 11.3 Å². The largest absolute Gasteiger partial charge is 0.312 e. The number of hydrogen-bond acceptors (Lipinski definition) is 3. The molecule has 1 N–H and O–H groups in total. The molecule has 3 heteroatoms. The Kier molecular flexibility index (Phi) is 4.37. The van der Waals surface area contributed by atoms with Crippen LogP contribution in [0.15, 0.2) is 0 Å². The molecule has 2 nitrogen and oxygen atoms in total. The average Bonchev–Trinajstić information content (AvgIpc) is 2.41. The smallest absolute Gasteiger partial charge is 0.0936 e. The van der Waals surface area contributed by atoms with E-state index in [9.17, 15) is 0 Å². The Morgan fingerprint density at radius 1 is 1.12 bits per heavy atom. The van der Waals surface area contributed by atoms with Gasteiger partial charge in [-0.05, 0) is 40.0 Å². The molecule has 1 rings (SSSR count). The molecule has 0 fully saturated rings. The summed E-state index contributed by atoms with van der Waals surface area (Å²) in [7, 11) is 0. The Bertz CT molecular complexity index is 353. The van der Waals surface area contributed by atoms with E-state index in [1.807, 2.05) is 11.3 Å². The van der Waals surface area contributed by atoms with E-state index in [1.165, 1.54) is 15.6 Å². The third kappa shape index (κ3) is 5.17. The van der Waals surface area contributed by atoms with Gasteiger partial charge in [0.05, 0.1) is 10.7 Å². The second-order valence-electron chi connectivity index (χ2n) is 6.69. The van der Waals surface area contributed by atoms with Crippen LogP contribution in [0.2, 0.25) is 0 Å². The van der Waals surface area contributed by atoms with Crippen LogP contribution in [0.4, 0.5) is 0 Å². The Morgan fingerprint density at radius 3 is 2.12 bits per heavy atom. The topological polar surface area (TPSA) is 24.9 Å². The zero-order valence-electron chi connectivity index (χ0n) is 12.3. The summed E-state index contributed by atoms with van der Waals surface area (Å²) < 4.78 is 0. The normalized spacial score (nSPS) is 13.1. The van der Waals surface area contributed by atoms with E-state index in [0.29, 0.717) is 0 Å². The molecular formula is C14H26N2S. The number of aryl methyl sites for hydroxylation is 2. The molecule has 0 radical (unpaired) electrons. The number of rotatable bonds is 4. The summed E-state index contributed by atoms with van der Waals surface area (Å²) in [5.41, 5.74) is 1.63. The number of nitrogens with one attached hydrogen (secondary N) is 1. The minimum atomic E-state index is 0.186. The first-order valence-corrected chi connectivity index (χ1v) is 7.09. The quantitative estimate of drug-likeness (QED) is 0.886. The molecule has 0 atom stereocenters. The summed E-state index contributed by atoms with van der Waals surface area (Å²) in [5, 5.41) is 4.85. The molecule has 0 aliphatic rings. The molecule has 1 heterocycles. The molecule has 1 aromatic heterocycles. The fraction of sp³-hybridized carbons (Fsp3) is 0.786. The summed E-state index contributed by atoms with van der Waals surface area (Å²) >= 11 is 1.84. The third-order valence-corrected chi connectivity index (χ3v) is 3.87. The van der Waals surface area contributed by atoms with Crippen molar-refractivity contribution in [2.75, 3.05) is 6.54 Å². The first kappa shape index (κ1) is 14.7. The van der Waals surface area contributed by atoms with Gasteiger partial charge in [0.25, 0.3) is 0 Å². The van der Waals surface area contributed by atoms with E-state index >= 15 is 0 Å². The fourth-order valence-corrected chi connectivity index (χ4v) is 2.78. The van der Waals surface area contributed by atoms with Crippen LogP contribution >= 0.6 is 11.3 Å². The first-order chi connectivity index (χ1) is 7.59. The van der Waals surface area contributed by atoms with E-state index in [4.69, 9.17) is 0 Å². The molecule has 0 amide bonds. The van der Waals surface area contributed by atoms with Crippen LogP contribution in [-0.4, -0.2) is 17.1 Å². The Balaban J connectivity index is 2.60. The van der Waals surface area contributed by atoms with Gasteiger partial charge in [0.1, 0.15) is 0 Å². The minimum absolute atomic E-state index is 0.186. The Morgan fingerprint density at radius 2 is 1.71 bits per heavy atom. The van der Waals surface area contributed by atoms with Crippen molar-refractivity contribution in [3.8, 4) is 0 Å². The number of thiazole rings is 1. The highest BCUT2D eigenvalue weighted by Gasteiger charge is 2.23. The van der Waals surface area contributed by atoms with Crippen LogP contribution in [0.25, 0.3) is 0 Å². The predicted octanol–water partition coefficient (Wildman–Crippen LogP) is 3.72. The number of nitrogens with zero attached hydrogens (tertiary/aromatic N) is 1. The van der Waals surface area contributed by atoms with Crippen molar-refractivity contribution in [1.82, 2.24) is 10.3 Å². The van der Waals surface area contributed by atoms with Gasteiger partial charge in [-0.25, -0.2) is 4.98 Å². The highest BCUT2D eigenvalue weighted by molar-refractivity contribution is 7.11. The molecule has 98 valence electrons. The molecule has 0 spiro atoms. The summed E-state index contributed by atoms with van der Waals surface area (Å²) in [4.78, 5) is 5.98. The van der Waals surface area contributed by atoms with Gasteiger partial charge in [-0.2, -0.15) is 0 Å². The molecule has 0 aliphatic heterocycles. The van der Waals surface area contributed by atoms with Gasteiger partial charge in [0, 0.05) is 23.4 Å². The van der Waals surface area contributed by atoms with Gasteiger partial charge in [0.2, 0.25) is 0 Å². The van der Waals surface area contributed by atoms with Crippen LogP contribution in [0.5, 0.6) is 0 Å². The second-order valence-corrected chi connectivity index (χ2v) is 7.98. The van der Waals surface area contributed by atoms with E-state index in [0.717, 1.165) is 13.0 Å². The molecular weight excluding hydrogens is 228 g/mol. The van der Waals surface area contributed by atoms with Gasteiger partial charge in [-0.1, -0.05) is 13.8 Å². The molecule has 0 aromatic carbocycles. The maximum absolute atomic E-state index is 4.63. The summed E-state index contributed by atoms with van der Waals surface area (Å²) in [6.45, 7) is 16.5. The van der Waals surface area contributed by atoms with Crippen LogP contribution in [0, 0.1) is 19.3 Å². The maximum atomic E-state index is 4.63. The summed E-state index contributed by atoms with van der Waals surface area (Å²) in [6, 6.07) is 0. The van der Waals surface area contributed by atoms with Crippen molar-refractivity contribution in [3.05, 3.63) is 15.6 Å². The lowest BCUT2D eigenvalue weighted by molar-refractivity contribution is 0.288. The molecule has 0 bridgehead atoms. The van der Waals surface area contributed by atoms with E-state index in [2.05, 4.69) is 58.8 Å². The van der Waals surface area contributed by atoms with E-state index < -0.39 is 0 Å². The van der Waals surface area contributed by atoms with E-state index in [-0.39, 0.29) is 11.0 Å². The predicted molar refractivity (Wildman–Crippen MR) is 76.8 cm³/mol. The average molecular weight is 254 g/mol. The van der Waals surface area contributed by atoms with E-state index in [1.54, 1.807) is 0 Å². The molecule has 1 aromatic rings. The monoisotopic (exact) mass is 254 g/mol. The Labute approximate surface area is 110 Å². The van der Waals surface area contributed by atoms with Crippen molar-refractivity contribution in [1.29, 1.82) is 0 Å². The standard InChI is InChI=1S/C14H26N2S/c1-10-11(2)17-12(16-10)8-14(6,7)9-15-13(3,4)5/h15H,8-9H2,1-7H3. The lowest BCUT2D eigenvalue weighted by Gasteiger charge is -2.29. The molecule has 0 aliphatic carbocycles. The number of hydrogen-bond donors (Lipinski definition) is 1. The van der Waals surface area contributed by atoms with Crippen LogP contribution in [0.3, 0.4) is 0 Å². The van der Waals surface area contributed by atoms with Crippen molar-refractivity contribution in [3.63, 3.8) is 0 Å². The molecule has 0 unspecified atom stereocenters. The van der Waals surface area contributed by atoms with Crippen molar-refractivity contribution in [2.45, 2.75) is 60.4 Å². The second kappa shape index (κ2) is 5.07. The van der Waals surface area contributed by atoms with Gasteiger partial charge < -0.3 is 5.32 Å². The van der Waals surface area contributed by atoms with Gasteiger partial charge in [0.15, 0.2) is 0 Å². The fourth-order valence-electron chi connectivity index (χ4n) is 1.59. The summed E-state index contributed by atoms with van der Waals surface area (Å²) in [6.07, 6.45) is 1.05. The highest BCUT2D eigenvalue weighted by Crippen LogP contribution is 2.26. The number of aromatic nitrogens is 1. The summed E-state index contributed by atoms with van der Waals surface area (Å²) in [5.74, 6) is 0. The first-order valence-electron chi connectivity index (χ1n) is 6.27. The minimum Gasteiger partial charge on any atom is -0.312 e. The lowest BCUT2D eigenvalue weighted by atomic mass is 9.88. The zero-order valence-corrected chi connectivity index (χ0v) is 13.1. The highest BCUT2D eigenvalue weighted by atomic mass is 32.1. The maximum Gasteiger partial charge on any atom is 0.0936 e. The van der Waals surface area contributed by atoms with Crippen LogP contribution in [-0.2, 0) is 6.42 Å². The van der Waals surface area contributed by atoms with Crippen molar-refractivity contribution in [2.24, 2.45) is 5.41 Å². The Hall–Kier alpha value is -0.410. The van der Waals surface area contributed by atoms with Crippen LogP contribution < -0.4 is 5.32 Å². The van der Waals surface area contributed by atoms with Gasteiger partial charge in [-0.3, -0.25) is 0 Å². The third-order valence-electron chi connectivity index (χ3n) is 2.80. The molecule has 0 saturated carbocycles. The van der Waals surface area contributed by atoms with Gasteiger partial charge in [-0.15, -0.1) is 11.3 Å². The molecule has 17 heavy (non-hydrogen) atoms.